The van der Waals surface area contributed by atoms with Crippen molar-refractivity contribution in [3.63, 3.8) is 0 Å². The van der Waals surface area contributed by atoms with Crippen LogP contribution in [0.5, 0.6) is 0 Å². The first-order valence-electron chi connectivity index (χ1n) is 10.5. The van der Waals surface area contributed by atoms with E-state index in [4.69, 9.17) is 5.73 Å². The fourth-order valence-corrected chi connectivity index (χ4v) is 4.37. The topological polar surface area (TPSA) is 96.7 Å². The van der Waals surface area contributed by atoms with Crippen molar-refractivity contribution < 1.29 is 18.0 Å². The number of aromatic amines is 1. The SMILES string of the molecule is Cc1cc2[nH]c(-c3ccc(C(F)(F)F)cc3)nc2cc1Nc1nc(-c2ccc(C(N)=O)cc2)cs1. The molecule has 0 aliphatic heterocycles. The number of nitrogens with zero attached hydrogens (tertiary/aromatic N) is 2. The lowest BCUT2D eigenvalue weighted by Crippen LogP contribution is -2.10. The van der Waals surface area contributed by atoms with Gasteiger partial charge in [0.2, 0.25) is 5.91 Å². The summed E-state index contributed by atoms with van der Waals surface area (Å²) in [7, 11) is 0. The number of carbonyl (C=O) groups excluding carboxylic acids is 1. The minimum absolute atomic E-state index is 0.431. The number of nitrogens with one attached hydrogen (secondary N) is 2. The average Bonchev–Trinajstić information content (AvgIpc) is 3.46. The van der Waals surface area contributed by atoms with Gasteiger partial charge < -0.3 is 16.0 Å². The Morgan fingerprint density at radius 3 is 2.34 bits per heavy atom. The van der Waals surface area contributed by atoms with Crippen molar-refractivity contribution in [2.75, 3.05) is 5.32 Å². The van der Waals surface area contributed by atoms with Gasteiger partial charge in [-0.2, -0.15) is 13.2 Å². The van der Waals surface area contributed by atoms with Gasteiger partial charge in [-0.05, 0) is 48.9 Å². The smallest absolute Gasteiger partial charge is 0.366 e. The average molecular weight is 494 g/mol. The largest absolute Gasteiger partial charge is 0.416 e. The molecule has 1 amide bonds. The number of thiazole rings is 1. The molecule has 3 aromatic carbocycles. The summed E-state index contributed by atoms with van der Waals surface area (Å²) in [4.78, 5) is 23.6. The Kier molecular flexibility index (Phi) is 5.52. The zero-order valence-corrected chi connectivity index (χ0v) is 19.1. The van der Waals surface area contributed by atoms with E-state index < -0.39 is 17.6 Å². The fraction of sp³-hybridized carbons (Fsp3) is 0.0800. The number of carbonyl (C=O) groups is 1. The summed E-state index contributed by atoms with van der Waals surface area (Å²) < 4.78 is 38.5. The Balaban J connectivity index is 1.39. The Morgan fingerprint density at radius 2 is 1.69 bits per heavy atom. The van der Waals surface area contributed by atoms with Crippen LogP contribution in [0.25, 0.3) is 33.7 Å². The van der Waals surface area contributed by atoms with Gasteiger partial charge in [-0.1, -0.05) is 24.3 Å². The van der Waals surface area contributed by atoms with Crippen molar-refractivity contribution in [1.29, 1.82) is 0 Å². The summed E-state index contributed by atoms with van der Waals surface area (Å²) in [6.45, 7) is 1.94. The second-order valence-electron chi connectivity index (χ2n) is 7.95. The third-order valence-corrected chi connectivity index (χ3v) is 6.28. The Bertz CT molecular complexity index is 1540. The summed E-state index contributed by atoms with van der Waals surface area (Å²) in [5.74, 6) is 0.00381. The molecule has 0 saturated heterocycles. The van der Waals surface area contributed by atoms with Crippen LogP contribution in [0, 0.1) is 6.92 Å². The standard InChI is InChI=1S/C25H18F3N5OS/c1-13-10-19-20(31-23(30-19)16-6-8-17(9-7-16)25(26,27)28)11-18(13)32-24-33-21(12-35-24)14-2-4-15(5-3-14)22(29)34/h2-12H,1H3,(H2,29,34)(H,30,31)(H,32,33). The monoisotopic (exact) mass is 493 g/mol. The molecule has 0 aliphatic rings. The van der Waals surface area contributed by atoms with Crippen LogP contribution in [-0.4, -0.2) is 20.9 Å². The molecule has 2 aromatic heterocycles. The molecule has 0 unspecified atom stereocenters. The highest BCUT2D eigenvalue weighted by Gasteiger charge is 2.30. The predicted octanol–water partition coefficient (Wildman–Crippen LogP) is 6.52. The number of benzene rings is 3. The van der Waals surface area contributed by atoms with Crippen molar-refractivity contribution in [3.8, 4) is 22.6 Å². The highest BCUT2D eigenvalue weighted by atomic mass is 32.1. The number of aryl methyl sites for hydroxylation is 1. The minimum Gasteiger partial charge on any atom is -0.366 e. The number of hydrogen-bond acceptors (Lipinski definition) is 5. The van der Waals surface area contributed by atoms with Crippen LogP contribution in [0.3, 0.4) is 0 Å². The number of aromatic nitrogens is 3. The number of primary amides is 1. The maximum absolute atomic E-state index is 12.8. The molecule has 5 aromatic rings. The van der Waals surface area contributed by atoms with Crippen LogP contribution in [0.4, 0.5) is 24.0 Å². The molecule has 4 N–H and O–H groups in total. The van der Waals surface area contributed by atoms with E-state index >= 15 is 0 Å². The highest BCUT2D eigenvalue weighted by molar-refractivity contribution is 7.14. The number of fused-ring (bicyclic) bond motifs is 1. The van der Waals surface area contributed by atoms with Crippen molar-refractivity contribution >= 4 is 39.1 Å². The Morgan fingerprint density at radius 1 is 1.00 bits per heavy atom. The van der Waals surface area contributed by atoms with Crippen LogP contribution in [0.15, 0.2) is 66.0 Å². The van der Waals surface area contributed by atoms with Gasteiger partial charge in [-0.25, -0.2) is 9.97 Å². The molecule has 0 saturated carbocycles. The van der Waals surface area contributed by atoms with Crippen LogP contribution in [0.1, 0.15) is 21.5 Å². The van der Waals surface area contributed by atoms with Crippen molar-refractivity contribution in [2.24, 2.45) is 5.73 Å². The maximum Gasteiger partial charge on any atom is 0.416 e. The second kappa shape index (κ2) is 8.55. The van der Waals surface area contributed by atoms with E-state index in [-0.39, 0.29) is 0 Å². The normalized spacial score (nSPS) is 11.7. The van der Waals surface area contributed by atoms with Crippen molar-refractivity contribution in [3.05, 3.63) is 82.7 Å². The summed E-state index contributed by atoms with van der Waals surface area (Å²) >= 11 is 1.44. The van der Waals surface area contributed by atoms with E-state index in [2.05, 4.69) is 20.3 Å². The Labute approximate surface area is 201 Å². The number of imidazole rings is 1. The van der Waals surface area contributed by atoms with Crippen LogP contribution in [0.2, 0.25) is 0 Å². The molecule has 0 atom stereocenters. The molecular weight excluding hydrogens is 475 g/mol. The highest BCUT2D eigenvalue weighted by Crippen LogP contribution is 2.33. The van der Waals surface area contributed by atoms with Gasteiger partial charge in [0.15, 0.2) is 5.13 Å². The molecule has 2 heterocycles. The number of H-pyrrole nitrogens is 1. The second-order valence-corrected chi connectivity index (χ2v) is 8.81. The minimum atomic E-state index is -4.38. The number of halogens is 3. The van der Waals surface area contributed by atoms with E-state index in [1.54, 1.807) is 24.3 Å². The van der Waals surface area contributed by atoms with Crippen LogP contribution >= 0.6 is 11.3 Å². The molecule has 0 aliphatic carbocycles. The van der Waals surface area contributed by atoms with E-state index in [0.29, 0.717) is 27.6 Å². The van der Waals surface area contributed by atoms with E-state index in [1.165, 1.54) is 23.5 Å². The van der Waals surface area contributed by atoms with Gasteiger partial charge >= 0.3 is 6.18 Å². The molecule has 5 rings (SSSR count). The molecule has 0 radical (unpaired) electrons. The van der Waals surface area contributed by atoms with Gasteiger partial charge in [0.25, 0.3) is 0 Å². The van der Waals surface area contributed by atoms with Crippen LogP contribution in [-0.2, 0) is 6.18 Å². The van der Waals surface area contributed by atoms with Crippen molar-refractivity contribution in [2.45, 2.75) is 13.1 Å². The van der Waals surface area contributed by atoms with Crippen LogP contribution < -0.4 is 11.1 Å². The third-order valence-electron chi connectivity index (χ3n) is 5.52. The number of nitrogens with two attached hydrogens (primary N) is 1. The molecule has 6 nitrogen and oxygen atoms in total. The summed E-state index contributed by atoms with van der Waals surface area (Å²) in [5, 5.41) is 5.90. The van der Waals surface area contributed by atoms with Gasteiger partial charge in [0.05, 0.1) is 22.3 Å². The number of anilines is 2. The van der Waals surface area contributed by atoms with Crippen molar-refractivity contribution in [1.82, 2.24) is 15.0 Å². The molecule has 10 heteroatoms. The quantitative estimate of drug-likeness (QED) is 0.260. The first-order valence-corrected chi connectivity index (χ1v) is 11.4. The molecule has 176 valence electrons. The zero-order chi connectivity index (χ0) is 24.7. The number of hydrogen-bond donors (Lipinski definition) is 3. The molecule has 35 heavy (non-hydrogen) atoms. The van der Waals surface area contributed by atoms with E-state index in [0.717, 1.165) is 40.2 Å². The number of amides is 1. The molecule has 0 fully saturated rings. The lowest BCUT2D eigenvalue weighted by molar-refractivity contribution is -0.137. The maximum atomic E-state index is 12.8. The predicted molar refractivity (Wildman–Crippen MR) is 131 cm³/mol. The fourth-order valence-electron chi connectivity index (χ4n) is 3.64. The Hall–Kier alpha value is -4.18. The lowest BCUT2D eigenvalue weighted by atomic mass is 10.1. The molecular formula is C25H18F3N5OS. The number of alkyl halides is 3. The third kappa shape index (κ3) is 4.60. The molecule has 0 spiro atoms. The van der Waals surface area contributed by atoms with E-state index in [9.17, 15) is 18.0 Å². The summed E-state index contributed by atoms with van der Waals surface area (Å²) in [6, 6.07) is 15.6. The van der Waals surface area contributed by atoms with Gasteiger partial charge in [-0.3, -0.25) is 4.79 Å². The van der Waals surface area contributed by atoms with Gasteiger partial charge in [0.1, 0.15) is 5.82 Å². The summed E-state index contributed by atoms with van der Waals surface area (Å²) in [6.07, 6.45) is -4.38. The van der Waals surface area contributed by atoms with Gasteiger partial charge in [-0.15, -0.1) is 11.3 Å². The first kappa shape index (κ1) is 22.6. The van der Waals surface area contributed by atoms with Gasteiger partial charge in [0, 0.05) is 27.8 Å². The number of rotatable bonds is 5. The summed E-state index contributed by atoms with van der Waals surface area (Å²) in [5.41, 5.74) is 10.4. The van der Waals surface area contributed by atoms with E-state index in [1.807, 2.05) is 24.4 Å². The zero-order valence-electron chi connectivity index (χ0n) is 18.3. The lowest BCUT2D eigenvalue weighted by Gasteiger charge is -2.06. The molecule has 0 bridgehead atoms. The first-order chi connectivity index (χ1) is 16.7.